The largest absolute Gasteiger partial charge is 0.0879 e. The molecule has 1 rings (SSSR count). The van der Waals surface area contributed by atoms with Crippen molar-refractivity contribution in [1.82, 2.24) is 0 Å². The topological polar surface area (TPSA) is 0 Å². The second kappa shape index (κ2) is 3.60. The average molecular weight is 136 g/mol. The third-order valence-electron chi connectivity index (χ3n) is 2.21. The van der Waals surface area contributed by atoms with Crippen molar-refractivity contribution in [2.75, 3.05) is 0 Å². The lowest BCUT2D eigenvalue weighted by Gasteiger charge is -2.13. The zero-order valence-electron chi connectivity index (χ0n) is 6.88. The Morgan fingerprint density at radius 1 is 0.900 bits per heavy atom. The van der Waals surface area contributed by atoms with Crippen LogP contribution in [0.15, 0.2) is 24.3 Å². The van der Waals surface area contributed by atoms with Crippen molar-refractivity contribution < 1.29 is 0 Å². The first-order chi connectivity index (χ1) is 4.80. The van der Waals surface area contributed by atoms with Gasteiger partial charge in [0, 0.05) is 0 Å². The van der Waals surface area contributed by atoms with E-state index in [1.165, 1.54) is 12.8 Å². The maximum Gasteiger partial charge on any atom is -0.0202 e. The predicted octanol–water partition coefficient (Wildman–Crippen LogP) is 3.16. The summed E-state index contributed by atoms with van der Waals surface area (Å²) in [6.07, 6.45) is 11.7. The van der Waals surface area contributed by atoms with Crippen LogP contribution in [-0.2, 0) is 0 Å². The van der Waals surface area contributed by atoms with E-state index in [2.05, 4.69) is 38.2 Å². The SMILES string of the molecule is C[C@@H]1C=CCCC=C[C@H]1C. The van der Waals surface area contributed by atoms with Crippen LogP contribution in [0.2, 0.25) is 0 Å². The van der Waals surface area contributed by atoms with E-state index in [4.69, 9.17) is 0 Å². The van der Waals surface area contributed by atoms with E-state index in [1.807, 2.05) is 0 Å². The first-order valence-electron chi connectivity index (χ1n) is 4.14. The Balaban J connectivity index is 2.55. The molecule has 0 heteroatoms. The zero-order chi connectivity index (χ0) is 7.40. The quantitative estimate of drug-likeness (QED) is 0.449. The Morgan fingerprint density at radius 3 is 1.70 bits per heavy atom. The first-order valence-corrected chi connectivity index (χ1v) is 4.14. The summed E-state index contributed by atoms with van der Waals surface area (Å²) in [5, 5.41) is 0. The highest BCUT2D eigenvalue weighted by Gasteiger charge is 2.05. The predicted molar refractivity (Wildman–Crippen MR) is 45.8 cm³/mol. The first kappa shape index (κ1) is 7.59. The van der Waals surface area contributed by atoms with Crippen LogP contribution in [0.1, 0.15) is 26.7 Å². The van der Waals surface area contributed by atoms with Crippen molar-refractivity contribution >= 4 is 0 Å². The van der Waals surface area contributed by atoms with E-state index in [-0.39, 0.29) is 0 Å². The lowest BCUT2D eigenvalue weighted by atomic mass is 9.93. The van der Waals surface area contributed by atoms with Gasteiger partial charge in [-0.25, -0.2) is 0 Å². The molecule has 0 bridgehead atoms. The van der Waals surface area contributed by atoms with Crippen LogP contribution in [-0.4, -0.2) is 0 Å². The lowest BCUT2D eigenvalue weighted by molar-refractivity contribution is 0.552. The molecule has 0 saturated carbocycles. The summed E-state index contributed by atoms with van der Waals surface area (Å²) < 4.78 is 0. The van der Waals surface area contributed by atoms with Gasteiger partial charge in [-0.05, 0) is 24.7 Å². The van der Waals surface area contributed by atoms with Crippen molar-refractivity contribution in [2.45, 2.75) is 26.7 Å². The smallest absolute Gasteiger partial charge is 0.0202 e. The number of allylic oxidation sites excluding steroid dienone is 4. The molecule has 10 heavy (non-hydrogen) atoms. The molecular formula is C10H16. The van der Waals surface area contributed by atoms with Crippen LogP contribution in [0.4, 0.5) is 0 Å². The summed E-state index contributed by atoms with van der Waals surface area (Å²) in [4.78, 5) is 0. The van der Waals surface area contributed by atoms with E-state index in [0.717, 1.165) is 11.8 Å². The van der Waals surface area contributed by atoms with E-state index in [1.54, 1.807) is 0 Å². The Labute approximate surface area is 63.6 Å². The van der Waals surface area contributed by atoms with Crippen molar-refractivity contribution in [1.29, 1.82) is 0 Å². The molecule has 0 aromatic carbocycles. The highest BCUT2D eigenvalue weighted by molar-refractivity contribution is 5.00. The van der Waals surface area contributed by atoms with Gasteiger partial charge in [-0.15, -0.1) is 0 Å². The zero-order valence-corrected chi connectivity index (χ0v) is 6.88. The highest BCUT2D eigenvalue weighted by Crippen LogP contribution is 2.16. The van der Waals surface area contributed by atoms with E-state index in [0.29, 0.717) is 0 Å². The van der Waals surface area contributed by atoms with Crippen LogP contribution < -0.4 is 0 Å². The molecule has 1 aliphatic rings. The van der Waals surface area contributed by atoms with Crippen LogP contribution in [0.3, 0.4) is 0 Å². The van der Waals surface area contributed by atoms with Gasteiger partial charge < -0.3 is 0 Å². The lowest BCUT2D eigenvalue weighted by Crippen LogP contribution is -2.02. The second-order valence-electron chi connectivity index (χ2n) is 3.15. The van der Waals surface area contributed by atoms with Crippen molar-refractivity contribution in [3.8, 4) is 0 Å². The molecule has 0 amide bonds. The highest BCUT2D eigenvalue weighted by atomic mass is 14.1. The van der Waals surface area contributed by atoms with Gasteiger partial charge in [-0.2, -0.15) is 0 Å². The van der Waals surface area contributed by atoms with Gasteiger partial charge in [0.25, 0.3) is 0 Å². The van der Waals surface area contributed by atoms with E-state index < -0.39 is 0 Å². The Bertz CT molecular complexity index is 124. The summed E-state index contributed by atoms with van der Waals surface area (Å²) >= 11 is 0. The van der Waals surface area contributed by atoms with Gasteiger partial charge in [0.2, 0.25) is 0 Å². The van der Waals surface area contributed by atoms with Gasteiger partial charge >= 0.3 is 0 Å². The molecule has 0 unspecified atom stereocenters. The van der Waals surface area contributed by atoms with Crippen LogP contribution >= 0.6 is 0 Å². The molecule has 2 atom stereocenters. The van der Waals surface area contributed by atoms with Gasteiger partial charge in [-0.1, -0.05) is 38.2 Å². The molecule has 0 aromatic heterocycles. The maximum atomic E-state index is 2.33. The summed E-state index contributed by atoms with van der Waals surface area (Å²) in [6, 6.07) is 0. The minimum Gasteiger partial charge on any atom is -0.0879 e. The van der Waals surface area contributed by atoms with Crippen molar-refractivity contribution in [3.05, 3.63) is 24.3 Å². The fraction of sp³-hybridized carbons (Fsp3) is 0.600. The molecule has 0 radical (unpaired) electrons. The van der Waals surface area contributed by atoms with Gasteiger partial charge in [0.05, 0.1) is 0 Å². The molecule has 0 nitrogen and oxygen atoms in total. The monoisotopic (exact) mass is 136 g/mol. The normalized spacial score (nSPS) is 33.4. The molecule has 0 fully saturated rings. The molecule has 56 valence electrons. The molecule has 1 aliphatic carbocycles. The minimum absolute atomic E-state index is 0.719. The third kappa shape index (κ3) is 2.02. The minimum atomic E-state index is 0.719. The molecule has 0 saturated heterocycles. The van der Waals surface area contributed by atoms with Gasteiger partial charge in [0.1, 0.15) is 0 Å². The van der Waals surface area contributed by atoms with Crippen molar-refractivity contribution in [3.63, 3.8) is 0 Å². The number of hydrogen-bond acceptors (Lipinski definition) is 0. The number of rotatable bonds is 0. The molecule has 0 N–H and O–H groups in total. The second-order valence-corrected chi connectivity index (χ2v) is 3.15. The average Bonchev–Trinajstić information content (AvgIpc) is 1.92. The van der Waals surface area contributed by atoms with Crippen LogP contribution in [0.5, 0.6) is 0 Å². The summed E-state index contributed by atoms with van der Waals surface area (Å²) in [5.41, 5.74) is 0. The van der Waals surface area contributed by atoms with Gasteiger partial charge in [0.15, 0.2) is 0 Å². The summed E-state index contributed by atoms with van der Waals surface area (Å²) in [6.45, 7) is 4.55. The van der Waals surface area contributed by atoms with Crippen LogP contribution in [0.25, 0.3) is 0 Å². The van der Waals surface area contributed by atoms with E-state index >= 15 is 0 Å². The standard InChI is InChI=1S/C10H16/c1-9-7-5-3-4-6-8-10(9)2/h5-10H,3-4H2,1-2H3/t9-,10-/m1/s1. The molecule has 0 aromatic rings. The third-order valence-corrected chi connectivity index (χ3v) is 2.21. The van der Waals surface area contributed by atoms with Crippen molar-refractivity contribution in [2.24, 2.45) is 11.8 Å². The molecule has 0 spiro atoms. The fourth-order valence-electron chi connectivity index (χ4n) is 1.16. The molecule has 0 heterocycles. The Morgan fingerprint density at radius 2 is 1.30 bits per heavy atom. The summed E-state index contributed by atoms with van der Waals surface area (Å²) in [5.74, 6) is 1.44. The summed E-state index contributed by atoms with van der Waals surface area (Å²) in [7, 11) is 0. The molecule has 0 aliphatic heterocycles. The fourth-order valence-corrected chi connectivity index (χ4v) is 1.16. The van der Waals surface area contributed by atoms with Crippen LogP contribution in [0, 0.1) is 11.8 Å². The van der Waals surface area contributed by atoms with Gasteiger partial charge in [-0.3, -0.25) is 0 Å². The Kier molecular flexibility index (Phi) is 2.73. The number of hydrogen-bond donors (Lipinski definition) is 0. The van der Waals surface area contributed by atoms with E-state index in [9.17, 15) is 0 Å². The molecular weight excluding hydrogens is 120 g/mol. The maximum absolute atomic E-state index is 2.33. The Hall–Kier alpha value is -0.520.